The normalized spacial score (nSPS) is 11.9. The molecule has 1 aromatic heterocycles. The van der Waals surface area contributed by atoms with E-state index in [1.165, 1.54) is 5.56 Å². The summed E-state index contributed by atoms with van der Waals surface area (Å²) in [5, 5.41) is 2.97. The largest absolute Gasteiger partial charge is 0.352 e. The average molecular weight is 286 g/mol. The summed E-state index contributed by atoms with van der Waals surface area (Å²) in [4.78, 5) is 15.0. The number of aromatic nitrogens is 1. The molecule has 104 valence electrons. The van der Waals surface area contributed by atoms with E-state index in [-0.39, 0.29) is 11.9 Å². The van der Waals surface area contributed by atoms with E-state index in [1.54, 1.807) is 18.3 Å². The maximum Gasteiger partial charge on any atom is 0.254 e. The molecular formula is C16H18N2OS. The Bertz CT molecular complexity index is 646. The number of hydrogen-bond donors (Lipinski definition) is 2. The number of H-pyrrole nitrogens is 1. The second kappa shape index (κ2) is 6.48. The van der Waals surface area contributed by atoms with E-state index in [4.69, 9.17) is 12.2 Å². The fraction of sp³-hybridized carbons (Fsp3) is 0.250. The molecule has 2 aromatic rings. The predicted molar refractivity (Wildman–Crippen MR) is 83.3 cm³/mol. The standard InChI is InChI=1S/C16H18N2OS/c1-3-12-6-8-13(9-7-12)11(2)18-15(19)14-5-4-10-17-16(14)20/h4-11H,3H2,1-2H3,(H,17,20)(H,18,19)/t11-/m1/s1. The second-order valence-corrected chi connectivity index (χ2v) is 5.11. The first-order chi connectivity index (χ1) is 9.61. The molecule has 0 aliphatic heterocycles. The van der Waals surface area contributed by atoms with Crippen molar-refractivity contribution in [2.45, 2.75) is 26.3 Å². The van der Waals surface area contributed by atoms with Crippen LogP contribution in [0.3, 0.4) is 0 Å². The number of pyridine rings is 1. The molecule has 1 amide bonds. The van der Waals surface area contributed by atoms with Gasteiger partial charge in [-0.05, 0) is 36.6 Å². The van der Waals surface area contributed by atoms with Gasteiger partial charge in [0.1, 0.15) is 4.64 Å². The van der Waals surface area contributed by atoms with Crippen molar-refractivity contribution in [3.05, 3.63) is 63.9 Å². The van der Waals surface area contributed by atoms with Gasteiger partial charge < -0.3 is 10.3 Å². The molecule has 4 heteroatoms. The van der Waals surface area contributed by atoms with Crippen molar-refractivity contribution in [3.63, 3.8) is 0 Å². The Balaban J connectivity index is 2.11. The Labute approximate surface area is 124 Å². The molecule has 2 N–H and O–H groups in total. The van der Waals surface area contributed by atoms with Crippen LogP contribution in [-0.2, 0) is 6.42 Å². The van der Waals surface area contributed by atoms with Crippen LogP contribution >= 0.6 is 12.2 Å². The molecule has 0 radical (unpaired) electrons. The summed E-state index contributed by atoms with van der Waals surface area (Å²) in [5.74, 6) is -0.154. The number of aromatic amines is 1. The van der Waals surface area contributed by atoms with Gasteiger partial charge in [0.05, 0.1) is 11.6 Å². The molecule has 0 aliphatic carbocycles. The molecular weight excluding hydrogens is 268 g/mol. The van der Waals surface area contributed by atoms with Gasteiger partial charge in [0, 0.05) is 6.20 Å². The molecule has 0 unspecified atom stereocenters. The fourth-order valence-electron chi connectivity index (χ4n) is 2.00. The minimum Gasteiger partial charge on any atom is -0.352 e. The lowest BCUT2D eigenvalue weighted by Gasteiger charge is -2.14. The van der Waals surface area contributed by atoms with Crippen LogP contribution in [-0.4, -0.2) is 10.9 Å². The third kappa shape index (κ3) is 3.33. The highest BCUT2D eigenvalue weighted by molar-refractivity contribution is 7.71. The molecule has 0 spiro atoms. The van der Waals surface area contributed by atoms with Crippen LogP contribution in [0.4, 0.5) is 0 Å². The molecule has 1 aromatic carbocycles. The lowest BCUT2D eigenvalue weighted by Crippen LogP contribution is -2.27. The van der Waals surface area contributed by atoms with Gasteiger partial charge in [0.25, 0.3) is 5.91 Å². The zero-order valence-corrected chi connectivity index (χ0v) is 12.5. The molecule has 3 nitrogen and oxygen atoms in total. The van der Waals surface area contributed by atoms with E-state index in [9.17, 15) is 4.79 Å². The average Bonchev–Trinajstić information content (AvgIpc) is 2.47. The maximum atomic E-state index is 12.2. The number of hydrogen-bond acceptors (Lipinski definition) is 2. The number of aryl methyl sites for hydroxylation is 1. The van der Waals surface area contributed by atoms with E-state index >= 15 is 0 Å². The highest BCUT2D eigenvalue weighted by Gasteiger charge is 2.12. The third-order valence-electron chi connectivity index (χ3n) is 3.30. The number of carbonyl (C=O) groups is 1. The lowest BCUT2D eigenvalue weighted by molar-refractivity contribution is 0.0939. The number of carbonyl (C=O) groups excluding carboxylic acids is 1. The smallest absolute Gasteiger partial charge is 0.254 e. The quantitative estimate of drug-likeness (QED) is 0.840. The van der Waals surface area contributed by atoms with Crippen molar-refractivity contribution >= 4 is 18.1 Å². The molecule has 1 atom stereocenters. The Morgan fingerprint density at radius 2 is 2.00 bits per heavy atom. The summed E-state index contributed by atoms with van der Waals surface area (Å²) in [6, 6.07) is 11.7. The summed E-state index contributed by atoms with van der Waals surface area (Å²) in [6.07, 6.45) is 2.73. The SMILES string of the molecule is CCc1ccc([C@@H](C)NC(=O)c2ccc[nH]c2=S)cc1. The summed E-state index contributed by atoms with van der Waals surface area (Å²) < 4.78 is 0.457. The Morgan fingerprint density at radius 1 is 1.30 bits per heavy atom. The van der Waals surface area contributed by atoms with E-state index in [1.807, 2.05) is 6.92 Å². The van der Waals surface area contributed by atoms with Gasteiger partial charge in [-0.15, -0.1) is 0 Å². The van der Waals surface area contributed by atoms with Crippen LogP contribution in [0.2, 0.25) is 0 Å². The number of nitrogens with one attached hydrogen (secondary N) is 2. The number of benzene rings is 1. The van der Waals surface area contributed by atoms with Crippen molar-refractivity contribution in [1.29, 1.82) is 0 Å². The third-order valence-corrected chi connectivity index (χ3v) is 3.64. The van der Waals surface area contributed by atoms with Gasteiger partial charge in [-0.25, -0.2) is 0 Å². The summed E-state index contributed by atoms with van der Waals surface area (Å²) in [5.41, 5.74) is 2.87. The molecule has 1 heterocycles. The summed E-state index contributed by atoms with van der Waals surface area (Å²) >= 11 is 5.11. The van der Waals surface area contributed by atoms with Gasteiger partial charge in [0.2, 0.25) is 0 Å². The molecule has 0 aliphatic rings. The van der Waals surface area contributed by atoms with Gasteiger partial charge in [-0.3, -0.25) is 4.79 Å². The molecule has 0 saturated carbocycles. The minimum absolute atomic E-state index is 0.0528. The van der Waals surface area contributed by atoms with Crippen LogP contribution in [0.1, 0.15) is 41.4 Å². The highest BCUT2D eigenvalue weighted by Crippen LogP contribution is 2.14. The first-order valence-electron chi connectivity index (χ1n) is 6.69. The Morgan fingerprint density at radius 3 is 2.60 bits per heavy atom. The van der Waals surface area contributed by atoms with Crippen LogP contribution in [0.15, 0.2) is 42.6 Å². The molecule has 0 saturated heterocycles. The molecule has 20 heavy (non-hydrogen) atoms. The monoisotopic (exact) mass is 286 g/mol. The van der Waals surface area contributed by atoms with Gasteiger partial charge in [-0.2, -0.15) is 0 Å². The van der Waals surface area contributed by atoms with Gasteiger partial charge in [-0.1, -0.05) is 43.4 Å². The van der Waals surface area contributed by atoms with E-state index < -0.39 is 0 Å². The fourth-order valence-corrected chi connectivity index (χ4v) is 2.23. The molecule has 2 rings (SSSR count). The van der Waals surface area contributed by atoms with Crippen LogP contribution in [0.5, 0.6) is 0 Å². The first kappa shape index (κ1) is 14.5. The highest BCUT2D eigenvalue weighted by atomic mass is 32.1. The molecule has 0 bridgehead atoms. The van der Waals surface area contributed by atoms with E-state index in [0.717, 1.165) is 12.0 Å². The van der Waals surface area contributed by atoms with Gasteiger partial charge in [0.15, 0.2) is 0 Å². The van der Waals surface area contributed by atoms with Crippen molar-refractivity contribution in [3.8, 4) is 0 Å². The Hall–Kier alpha value is -1.94. The Kier molecular flexibility index (Phi) is 4.69. The topological polar surface area (TPSA) is 44.9 Å². The van der Waals surface area contributed by atoms with Crippen molar-refractivity contribution in [2.24, 2.45) is 0 Å². The first-order valence-corrected chi connectivity index (χ1v) is 7.10. The van der Waals surface area contributed by atoms with Crippen molar-refractivity contribution < 1.29 is 4.79 Å². The van der Waals surface area contributed by atoms with E-state index in [2.05, 4.69) is 41.5 Å². The lowest BCUT2D eigenvalue weighted by atomic mass is 10.0. The van der Waals surface area contributed by atoms with Crippen molar-refractivity contribution in [2.75, 3.05) is 0 Å². The minimum atomic E-state index is -0.154. The predicted octanol–water partition coefficient (Wildman–Crippen LogP) is 3.80. The number of rotatable bonds is 4. The number of amides is 1. The zero-order chi connectivity index (χ0) is 14.5. The van der Waals surface area contributed by atoms with Crippen LogP contribution < -0.4 is 5.32 Å². The summed E-state index contributed by atoms with van der Waals surface area (Å²) in [7, 11) is 0. The van der Waals surface area contributed by atoms with E-state index in [0.29, 0.717) is 10.2 Å². The van der Waals surface area contributed by atoms with Crippen molar-refractivity contribution in [1.82, 2.24) is 10.3 Å². The zero-order valence-electron chi connectivity index (χ0n) is 11.6. The second-order valence-electron chi connectivity index (χ2n) is 4.70. The van der Waals surface area contributed by atoms with Crippen LogP contribution in [0, 0.1) is 4.64 Å². The van der Waals surface area contributed by atoms with Gasteiger partial charge >= 0.3 is 0 Å². The van der Waals surface area contributed by atoms with Crippen LogP contribution in [0.25, 0.3) is 0 Å². The summed E-state index contributed by atoms with van der Waals surface area (Å²) in [6.45, 7) is 4.09. The maximum absolute atomic E-state index is 12.2. The molecule has 0 fully saturated rings.